The number of nitrogens with zero attached hydrogens (tertiary/aromatic N) is 1. The van der Waals surface area contributed by atoms with Gasteiger partial charge in [-0.1, -0.05) is 42.0 Å². The van der Waals surface area contributed by atoms with Crippen LogP contribution in [0.3, 0.4) is 0 Å². The highest BCUT2D eigenvalue weighted by atomic mass is 16.1. The summed E-state index contributed by atoms with van der Waals surface area (Å²) in [7, 11) is 0. The summed E-state index contributed by atoms with van der Waals surface area (Å²) < 4.78 is 0. The number of anilines is 1. The van der Waals surface area contributed by atoms with Crippen molar-refractivity contribution in [3.63, 3.8) is 0 Å². The number of benzene rings is 1. The van der Waals surface area contributed by atoms with Crippen LogP contribution in [0.4, 0.5) is 5.95 Å². The second-order valence-corrected chi connectivity index (χ2v) is 6.43. The van der Waals surface area contributed by atoms with Crippen molar-refractivity contribution in [1.82, 2.24) is 9.97 Å². The third-order valence-corrected chi connectivity index (χ3v) is 4.57. The number of hydrogen-bond acceptors (Lipinski definition) is 3. The summed E-state index contributed by atoms with van der Waals surface area (Å²) in [5.74, 6) is 0.575. The molecule has 4 heteroatoms. The molecule has 0 saturated heterocycles. The van der Waals surface area contributed by atoms with Gasteiger partial charge >= 0.3 is 0 Å². The molecule has 0 aliphatic heterocycles. The Kier molecular flexibility index (Phi) is 5.47. The predicted octanol–water partition coefficient (Wildman–Crippen LogP) is 3.97. The van der Waals surface area contributed by atoms with E-state index < -0.39 is 0 Å². The fourth-order valence-electron chi connectivity index (χ4n) is 3.18. The van der Waals surface area contributed by atoms with Crippen molar-refractivity contribution in [2.75, 3.05) is 11.9 Å². The van der Waals surface area contributed by atoms with Crippen molar-refractivity contribution in [3.8, 4) is 0 Å². The quantitative estimate of drug-likeness (QED) is 0.791. The van der Waals surface area contributed by atoms with E-state index in [1.807, 2.05) is 37.3 Å². The molecule has 126 valence electrons. The average Bonchev–Trinajstić information content (AvgIpc) is 2.60. The predicted molar refractivity (Wildman–Crippen MR) is 98.5 cm³/mol. The third kappa shape index (κ3) is 4.34. The Morgan fingerprint density at radius 3 is 2.75 bits per heavy atom. The largest absolute Gasteiger partial charge is 0.355 e. The lowest BCUT2D eigenvalue weighted by atomic mass is 9.97. The Morgan fingerprint density at radius 1 is 1.21 bits per heavy atom. The Morgan fingerprint density at radius 2 is 2.04 bits per heavy atom. The summed E-state index contributed by atoms with van der Waals surface area (Å²) in [5.41, 5.74) is 4.13. The normalized spacial score (nSPS) is 14.3. The summed E-state index contributed by atoms with van der Waals surface area (Å²) in [6.45, 7) is 2.72. The molecule has 1 aromatic heterocycles. The maximum Gasteiger partial charge on any atom is 0.256 e. The van der Waals surface area contributed by atoms with Gasteiger partial charge < -0.3 is 5.32 Å². The summed E-state index contributed by atoms with van der Waals surface area (Å²) >= 11 is 0. The van der Waals surface area contributed by atoms with Crippen LogP contribution in [0, 0.1) is 6.92 Å². The second-order valence-electron chi connectivity index (χ2n) is 6.43. The third-order valence-electron chi connectivity index (χ3n) is 4.57. The standard InChI is InChI=1S/C20H25N3O/c1-15-18(14-17-10-6-3-7-11-17)19(24)23-20(22-15)21-13-12-16-8-4-2-5-9-16/h3,6-8,10-11H,2,4-5,9,12-14H2,1H3,(H2,21,22,23,24). The summed E-state index contributed by atoms with van der Waals surface area (Å²) in [6.07, 6.45) is 9.02. The van der Waals surface area contributed by atoms with Crippen LogP contribution < -0.4 is 10.9 Å². The molecule has 1 heterocycles. The maximum atomic E-state index is 12.4. The van der Waals surface area contributed by atoms with Crippen LogP contribution in [0.25, 0.3) is 0 Å². The number of aromatic nitrogens is 2. The number of aryl methyl sites for hydroxylation is 1. The van der Waals surface area contributed by atoms with Crippen molar-refractivity contribution in [3.05, 3.63) is 69.2 Å². The maximum absolute atomic E-state index is 12.4. The van der Waals surface area contributed by atoms with E-state index in [1.54, 1.807) is 0 Å². The van der Waals surface area contributed by atoms with E-state index in [4.69, 9.17) is 0 Å². The minimum Gasteiger partial charge on any atom is -0.355 e. The molecule has 0 fully saturated rings. The highest BCUT2D eigenvalue weighted by molar-refractivity contribution is 5.33. The van der Waals surface area contributed by atoms with Gasteiger partial charge in [-0.25, -0.2) is 4.98 Å². The van der Waals surface area contributed by atoms with Crippen molar-refractivity contribution in [1.29, 1.82) is 0 Å². The Balaban J connectivity index is 1.63. The Labute approximate surface area is 143 Å². The number of hydrogen-bond donors (Lipinski definition) is 2. The molecule has 1 aromatic carbocycles. The number of allylic oxidation sites excluding steroid dienone is 1. The summed E-state index contributed by atoms with van der Waals surface area (Å²) in [5, 5.41) is 3.26. The summed E-state index contributed by atoms with van der Waals surface area (Å²) in [6, 6.07) is 10.0. The monoisotopic (exact) mass is 323 g/mol. The fourth-order valence-corrected chi connectivity index (χ4v) is 3.18. The molecule has 0 bridgehead atoms. The number of H-pyrrole nitrogens is 1. The van der Waals surface area contributed by atoms with Crippen molar-refractivity contribution in [2.45, 2.75) is 45.4 Å². The first-order chi connectivity index (χ1) is 11.7. The smallest absolute Gasteiger partial charge is 0.256 e. The van der Waals surface area contributed by atoms with Crippen LogP contribution in [0.2, 0.25) is 0 Å². The average molecular weight is 323 g/mol. The second kappa shape index (κ2) is 7.95. The molecule has 2 N–H and O–H groups in total. The minimum absolute atomic E-state index is 0.0502. The van der Waals surface area contributed by atoms with Crippen molar-refractivity contribution >= 4 is 5.95 Å². The lowest BCUT2D eigenvalue weighted by molar-refractivity contribution is 0.679. The SMILES string of the molecule is Cc1nc(NCCC2=CCCCC2)[nH]c(=O)c1Cc1ccccc1. The highest BCUT2D eigenvalue weighted by Gasteiger charge is 2.09. The molecule has 0 spiro atoms. The lowest BCUT2D eigenvalue weighted by Gasteiger charge is -2.13. The van der Waals surface area contributed by atoms with E-state index in [-0.39, 0.29) is 5.56 Å². The molecular formula is C20H25N3O. The van der Waals surface area contributed by atoms with E-state index in [9.17, 15) is 4.79 Å². The van der Waals surface area contributed by atoms with Crippen LogP contribution >= 0.6 is 0 Å². The van der Waals surface area contributed by atoms with Crippen LogP contribution in [0.5, 0.6) is 0 Å². The molecule has 2 aromatic rings. The molecule has 0 unspecified atom stereocenters. The molecule has 0 amide bonds. The number of rotatable bonds is 6. The minimum atomic E-state index is -0.0502. The Bertz CT molecular complexity index is 762. The zero-order chi connectivity index (χ0) is 16.8. The molecule has 0 atom stereocenters. The van der Waals surface area contributed by atoms with E-state index in [1.165, 1.54) is 31.3 Å². The van der Waals surface area contributed by atoms with Crippen molar-refractivity contribution < 1.29 is 0 Å². The molecule has 0 radical (unpaired) electrons. The molecule has 0 saturated carbocycles. The van der Waals surface area contributed by atoms with Gasteiger partial charge in [-0.05, 0) is 44.6 Å². The number of aromatic amines is 1. The van der Waals surface area contributed by atoms with Crippen LogP contribution in [0.15, 0.2) is 46.8 Å². The van der Waals surface area contributed by atoms with Gasteiger partial charge in [0.05, 0.1) is 5.69 Å². The molecule has 24 heavy (non-hydrogen) atoms. The fraction of sp³-hybridized carbons (Fsp3) is 0.400. The van der Waals surface area contributed by atoms with Gasteiger partial charge in [0.15, 0.2) is 0 Å². The summed E-state index contributed by atoms with van der Waals surface area (Å²) in [4.78, 5) is 19.8. The van der Waals surface area contributed by atoms with Gasteiger partial charge in [0, 0.05) is 18.5 Å². The van der Waals surface area contributed by atoms with Gasteiger partial charge in [-0.15, -0.1) is 0 Å². The van der Waals surface area contributed by atoms with E-state index in [2.05, 4.69) is 21.4 Å². The zero-order valence-corrected chi connectivity index (χ0v) is 14.3. The molecule has 1 aliphatic carbocycles. The van der Waals surface area contributed by atoms with E-state index >= 15 is 0 Å². The lowest BCUT2D eigenvalue weighted by Crippen LogP contribution is -2.20. The molecule has 3 rings (SSSR count). The topological polar surface area (TPSA) is 57.8 Å². The van der Waals surface area contributed by atoms with Crippen molar-refractivity contribution in [2.24, 2.45) is 0 Å². The van der Waals surface area contributed by atoms with Gasteiger partial charge in [0.1, 0.15) is 0 Å². The van der Waals surface area contributed by atoms with Gasteiger partial charge in [0.2, 0.25) is 5.95 Å². The molecule has 4 nitrogen and oxygen atoms in total. The Hall–Kier alpha value is -2.36. The van der Waals surface area contributed by atoms with Crippen LogP contribution in [-0.2, 0) is 6.42 Å². The van der Waals surface area contributed by atoms with Crippen LogP contribution in [0.1, 0.15) is 48.9 Å². The first-order valence-electron chi connectivity index (χ1n) is 8.78. The first kappa shape index (κ1) is 16.5. The number of nitrogens with one attached hydrogen (secondary N) is 2. The van der Waals surface area contributed by atoms with Gasteiger partial charge in [0.25, 0.3) is 5.56 Å². The van der Waals surface area contributed by atoms with Crippen LogP contribution in [-0.4, -0.2) is 16.5 Å². The molecule has 1 aliphatic rings. The van der Waals surface area contributed by atoms with Gasteiger partial charge in [-0.2, -0.15) is 0 Å². The highest BCUT2D eigenvalue weighted by Crippen LogP contribution is 2.19. The van der Waals surface area contributed by atoms with E-state index in [0.29, 0.717) is 12.4 Å². The molecular weight excluding hydrogens is 298 g/mol. The van der Waals surface area contributed by atoms with Gasteiger partial charge in [-0.3, -0.25) is 9.78 Å². The first-order valence-corrected chi connectivity index (χ1v) is 8.78. The zero-order valence-electron chi connectivity index (χ0n) is 14.3. The van der Waals surface area contributed by atoms with E-state index in [0.717, 1.165) is 29.8 Å².